The van der Waals surface area contributed by atoms with Gasteiger partial charge in [-0.3, -0.25) is 0 Å². The van der Waals surface area contributed by atoms with E-state index in [0.29, 0.717) is 23.3 Å². The first-order chi connectivity index (χ1) is 11.4. The fraction of sp³-hybridized carbons (Fsp3) is 0.500. The monoisotopic (exact) mass is 336 g/mol. The molecule has 1 fully saturated rings. The van der Waals surface area contributed by atoms with Crippen molar-refractivity contribution in [2.75, 3.05) is 0 Å². The van der Waals surface area contributed by atoms with Crippen LogP contribution in [0.1, 0.15) is 44.6 Å². The van der Waals surface area contributed by atoms with E-state index in [-0.39, 0.29) is 5.75 Å². The highest BCUT2D eigenvalue weighted by atomic mass is 19.4. The molecule has 0 aromatic heterocycles. The minimum Gasteiger partial charge on any atom is -0.406 e. The average Bonchev–Trinajstić information content (AvgIpc) is 2.55. The molecule has 1 aromatic carbocycles. The molecule has 130 valence electrons. The van der Waals surface area contributed by atoms with Crippen molar-refractivity contribution in [2.24, 2.45) is 17.8 Å². The zero-order valence-electron chi connectivity index (χ0n) is 13.9. The molecule has 1 aromatic rings. The number of allylic oxidation sites excluding steroid dienone is 1. The molecule has 0 spiro atoms. The van der Waals surface area contributed by atoms with Crippen LogP contribution >= 0.6 is 0 Å². The van der Waals surface area contributed by atoms with E-state index in [9.17, 15) is 13.2 Å². The number of alkyl halides is 3. The molecule has 0 amide bonds. The molecule has 2 rings (SSSR count). The lowest BCUT2D eigenvalue weighted by Gasteiger charge is -2.30. The van der Waals surface area contributed by atoms with Crippen LogP contribution in [0, 0.1) is 29.6 Å². The molecular formula is C20H23F3O. The fourth-order valence-corrected chi connectivity index (χ4v) is 3.31. The van der Waals surface area contributed by atoms with E-state index in [1.54, 1.807) is 12.1 Å². The van der Waals surface area contributed by atoms with Crippen molar-refractivity contribution in [2.45, 2.75) is 45.4 Å². The predicted molar refractivity (Wildman–Crippen MR) is 89.4 cm³/mol. The van der Waals surface area contributed by atoms with Gasteiger partial charge in [0.25, 0.3) is 0 Å². The molecule has 0 aliphatic heterocycles. The Morgan fingerprint density at radius 3 is 2.33 bits per heavy atom. The number of halogens is 3. The van der Waals surface area contributed by atoms with Gasteiger partial charge < -0.3 is 4.74 Å². The van der Waals surface area contributed by atoms with Gasteiger partial charge in [0.05, 0.1) is 0 Å². The third-order valence-corrected chi connectivity index (χ3v) is 4.66. The molecule has 1 aliphatic rings. The lowest BCUT2D eigenvalue weighted by Crippen LogP contribution is -2.19. The standard InChI is InChI=1S/C20H23F3O/c1-3-17(4-2)18-11-7-15(8-12-18)5-6-16-9-13-19(14-10-16)24-20(21,22)23/h3,9-10,13-15,17-18H,1,4,7-8,11-12H2,2H3. The smallest absolute Gasteiger partial charge is 0.406 e. The first-order valence-electron chi connectivity index (χ1n) is 8.41. The van der Waals surface area contributed by atoms with Crippen molar-refractivity contribution in [3.63, 3.8) is 0 Å². The van der Waals surface area contributed by atoms with Crippen molar-refractivity contribution in [3.05, 3.63) is 42.5 Å². The molecule has 1 atom stereocenters. The van der Waals surface area contributed by atoms with E-state index in [1.165, 1.54) is 25.0 Å². The van der Waals surface area contributed by atoms with Gasteiger partial charge >= 0.3 is 6.36 Å². The van der Waals surface area contributed by atoms with Crippen molar-refractivity contribution in [3.8, 4) is 17.6 Å². The molecule has 24 heavy (non-hydrogen) atoms. The molecule has 4 heteroatoms. The highest BCUT2D eigenvalue weighted by Crippen LogP contribution is 2.35. The Morgan fingerprint density at radius 2 is 1.83 bits per heavy atom. The van der Waals surface area contributed by atoms with Gasteiger partial charge in [0.1, 0.15) is 5.75 Å². The minimum atomic E-state index is -4.66. The van der Waals surface area contributed by atoms with Crippen molar-refractivity contribution in [1.82, 2.24) is 0 Å². The molecule has 0 heterocycles. The van der Waals surface area contributed by atoms with Crippen LogP contribution in [0.15, 0.2) is 36.9 Å². The van der Waals surface area contributed by atoms with Gasteiger partial charge in [-0.05, 0) is 68.2 Å². The summed E-state index contributed by atoms with van der Waals surface area (Å²) in [5.74, 6) is 7.79. The molecule has 1 saturated carbocycles. The summed E-state index contributed by atoms with van der Waals surface area (Å²) in [6.45, 7) is 6.12. The van der Waals surface area contributed by atoms with Gasteiger partial charge in [0, 0.05) is 11.5 Å². The van der Waals surface area contributed by atoms with E-state index in [4.69, 9.17) is 0 Å². The van der Waals surface area contributed by atoms with Crippen LogP contribution in [0.3, 0.4) is 0 Å². The molecular weight excluding hydrogens is 313 g/mol. The van der Waals surface area contributed by atoms with Gasteiger partial charge in [-0.2, -0.15) is 0 Å². The fourth-order valence-electron chi connectivity index (χ4n) is 3.31. The van der Waals surface area contributed by atoms with E-state index in [0.717, 1.165) is 19.3 Å². The van der Waals surface area contributed by atoms with Crippen molar-refractivity contribution < 1.29 is 17.9 Å². The second-order valence-corrected chi connectivity index (χ2v) is 6.26. The molecule has 1 nitrogen and oxygen atoms in total. The quantitative estimate of drug-likeness (QED) is 0.487. The number of hydrogen-bond acceptors (Lipinski definition) is 1. The summed E-state index contributed by atoms with van der Waals surface area (Å²) in [6, 6.07) is 5.71. The minimum absolute atomic E-state index is 0.219. The topological polar surface area (TPSA) is 9.23 Å². The number of hydrogen-bond donors (Lipinski definition) is 0. The lowest BCUT2D eigenvalue weighted by atomic mass is 9.75. The second kappa shape index (κ2) is 8.28. The zero-order valence-corrected chi connectivity index (χ0v) is 13.9. The number of benzene rings is 1. The molecule has 0 radical (unpaired) electrons. The Labute approximate surface area is 141 Å². The summed E-state index contributed by atoms with van der Waals surface area (Å²) in [6.07, 6.45) is 3.05. The van der Waals surface area contributed by atoms with Gasteiger partial charge in [-0.25, -0.2) is 0 Å². The maximum absolute atomic E-state index is 12.1. The van der Waals surface area contributed by atoms with Gasteiger partial charge in [-0.15, -0.1) is 19.8 Å². The zero-order chi connectivity index (χ0) is 17.6. The van der Waals surface area contributed by atoms with Crippen molar-refractivity contribution >= 4 is 0 Å². The van der Waals surface area contributed by atoms with Crippen LogP contribution in [0.5, 0.6) is 5.75 Å². The maximum Gasteiger partial charge on any atom is 0.573 e. The molecule has 0 saturated heterocycles. The molecule has 1 aliphatic carbocycles. The van der Waals surface area contributed by atoms with E-state index < -0.39 is 6.36 Å². The summed E-state index contributed by atoms with van der Waals surface area (Å²) >= 11 is 0. The maximum atomic E-state index is 12.1. The molecule has 1 unspecified atom stereocenters. The number of rotatable bonds is 4. The SMILES string of the molecule is C=CC(CC)C1CCC(C#Cc2ccc(OC(F)(F)F)cc2)CC1. The predicted octanol–water partition coefficient (Wildman–Crippen LogP) is 5.96. The van der Waals surface area contributed by atoms with Gasteiger partial charge in [0.2, 0.25) is 0 Å². The Bertz CT molecular complexity index is 584. The highest BCUT2D eigenvalue weighted by Gasteiger charge is 2.31. The van der Waals surface area contributed by atoms with E-state index in [1.807, 2.05) is 0 Å². The summed E-state index contributed by atoms with van der Waals surface area (Å²) in [5, 5.41) is 0. The average molecular weight is 336 g/mol. The van der Waals surface area contributed by atoms with Crippen LogP contribution < -0.4 is 4.74 Å². The third-order valence-electron chi connectivity index (χ3n) is 4.66. The van der Waals surface area contributed by atoms with Crippen LogP contribution in [0.25, 0.3) is 0 Å². The van der Waals surface area contributed by atoms with Crippen LogP contribution in [-0.4, -0.2) is 6.36 Å². The molecule has 0 N–H and O–H groups in total. The van der Waals surface area contributed by atoms with E-state index >= 15 is 0 Å². The Balaban J connectivity index is 1.88. The third kappa shape index (κ3) is 5.63. The van der Waals surface area contributed by atoms with E-state index in [2.05, 4.69) is 36.2 Å². The lowest BCUT2D eigenvalue weighted by molar-refractivity contribution is -0.274. The summed E-state index contributed by atoms with van der Waals surface area (Å²) in [4.78, 5) is 0. The molecule has 0 bridgehead atoms. The van der Waals surface area contributed by atoms with Crippen molar-refractivity contribution in [1.29, 1.82) is 0 Å². The van der Waals surface area contributed by atoms with Crippen LogP contribution in [0.4, 0.5) is 13.2 Å². The first-order valence-corrected chi connectivity index (χ1v) is 8.41. The Hall–Kier alpha value is -1.89. The van der Waals surface area contributed by atoms with Crippen LogP contribution in [0.2, 0.25) is 0 Å². The largest absolute Gasteiger partial charge is 0.573 e. The van der Waals surface area contributed by atoms with Crippen LogP contribution in [-0.2, 0) is 0 Å². The first kappa shape index (κ1) is 18.4. The van der Waals surface area contributed by atoms with Gasteiger partial charge in [0.15, 0.2) is 0 Å². The van der Waals surface area contributed by atoms with Gasteiger partial charge in [-0.1, -0.05) is 24.8 Å². The normalized spacial score (nSPS) is 22.2. The summed E-state index contributed by atoms with van der Waals surface area (Å²) < 4.78 is 40.2. The number of ether oxygens (including phenoxy) is 1. The highest BCUT2D eigenvalue weighted by molar-refractivity contribution is 5.38. The second-order valence-electron chi connectivity index (χ2n) is 6.26. The Morgan fingerprint density at radius 1 is 1.21 bits per heavy atom. The Kier molecular flexibility index (Phi) is 6.36. The summed E-state index contributed by atoms with van der Waals surface area (Å²) in [7, 11) is 0. The summed E-state index contributed by atoms with van der Waals surface area (Å²) in [5.41, 5.74) is 0.712.